The van der Waals surface area contributed by atoms with Crippen LogP contribution in [0.5, 0.6) is 5.75 Å². The minimum absolute atomic E-state index is 0.0655. The Hall–Kier alpha value is -2.06. The molecule has 0 radical (unpaired) electrons. The van der Waals surface area contributed by atoms with Gasteiger partial charge in [-0.2, -0.15) is 0 Å². The Morgan fingerprint density at radius 3 is 2.35 bits per heavy atom. The molecule has 0 bridgehead atoms. The van der Waals surface area contributed by atoms with Gasteiger partial charge in [-0.25, -0.2) is 0 Å². The van der Waals surface area contributed by atoms with E-state index in [0.717, 1.165) is 22.4 Å². The molecule has 2 heteroatoms. The molecule has 0 aliphatic carbocycles. The summed E-state index contributed by atoms with van der Waals surface area (Å²) in [5.74, 6) is 0.768. The summed E-state index contributed by atoms with van der Waals surface area (Å²) in [5, 5.41) is 9.24. The van der Waals surface area contributed by atoms with Crippen molar-refractivity contribution in [3.63, 3.8) is 0 Å². The van der Waals surface area contributed by atoms with Gasteiger partial charge >= 0.3 is 0 Å². The second-order valence-corrected chi connectivity index (χ2v) is 5.04. The third-order valence-corrected chi connectivity index (χ3v) is 3.22. The molecule has 0 saturated heterocycles. The quantitative estimate of drug-likeness (QED) is 0.891. The molecule has 0 atom stereocenters. The highest BCUT2D eigenvalue weighted by molar-refractivity contribution is 5.69. The fraction of sp³-hybridized carbons (Fsp3) is 0.222. The summed E-state index contributed by atoms with van der Waals surface area (Å²) >= 11 is 0. The second-order valence-electron chi connectivity index (χ2n) is 5.04. The highest BCUT2D eigenvalue weighted by atomic mass is 16.5. The third kappa shape index (κ3) is 3.49. The van der Waals surface area contributed by atoms with Gasteiger partial charge in [-0.3, -0.25) is 0 Å². The van der Waals surface area contributed by atoms with E-state index < -0.39 is 0 Å². The van der Waals surface area contributed by atoms with Crippen molar-refractivity contribution in [1.29, 1.82) is 0 Å². The smallest absolute Gasteiger partial charge is 0.127 e. The fourth-order valence-corrected chi connectivity index (χ4v) is 1.97. The number of aliphatic hydroxyl groups excluding tert-OH is 1. The Bertz CT molecular complexity index is 597. The Kier molecular flexibility index (Phi) is 4.59. The van der Waals surface area contributed by atoms with Crippen LogP contribution in [-0.2, 0) is 6.61 Å². The lowest BCUT2D eigenvalue weighted by Crippen LogP contribution is -2.00. The normalized spacial score (nSPS) is 10.3. The van der Waals surface area contributed by atoms with Crippen molar-refractivity contribution >= 4 is 5.57 Å². The zero-order chi connectivity index (χ0) is 14.5. The number of benzene rings is 2. The van der Waals surface area contributed by atoms with Crippen LogP contribution >= 0.6 is 0 Å². The standard InChI is InChI=1S/C18H20O2/c1-13-4-7-16(8-5-13)12-20-18-10-14(2)6-9-17(18)15(3)11-19/h4-10,19H,3,11-12H2,1-2H3. The molecule has 0 saturated carbocycles. The van der Waals surface area contributed by atoms with Crippen LogP contribution in [0.3, 0.4) is 0 Å². The van der Waals surface area contributed by atoms with Crippen LogP contribution in [-0.4, -0.2) is 11.7 Å². The van der Waals surface area contributed by atoms with Crippen molar-refractivity contribution < 1.29 is 9.84 Å². The molecule has 0 spiro atoms. The molecule has 0 fully saturated rings. The van der Waals surface area contributed by atoms with Gasteiger partial charge in [0.15, 0.2) is 0 Å². The van der Waals surface area contributed by atoms with Gasteiger partial charge in [0.25, 0.3) is 0 Å². The second kappa shape index (κ2) is 6.40. The van der Waals surface area contributed by atoms with Gasteiger partial charge in [-0.1, -0.05) is 48.5 Å². The van der Waals surface area contributed by atoms with Crippen LogP contribution in [0.2, 0.25) is 0 Å². The molecule has 104 valence electrons. The average molecular weight is 268 g/mol. The molecule has 0 unspecified atom stereocenters. The van der Waals surface area contributed by atoms with Crippen molar-refractivity contribution in [3.8, 4) is 5.75 Å². The molecule has 0 aliphatic heterocycles. The lowest BCUT2D eigenvalue weighted by Gasteiger charge is -2.13. The minimum atomic E-state index is -0.0655. The number of ether oxygens (including phenoxy) is 1. The van der Waals surface area contributed by atoms with Gasteiger partial charge in [0, 0.05) is 5.56 Å². The maximum Gasteiger partial charge on any atom is 0.127 e. The van der Waals surface area contributed by atoms with Crippen molar-refractivity contribution in [1.82, 2.24) is 0 Å². The third-order valence-electron chi connectivity index (χ3n) is 3.22. The summed E-state index contributed by atoms with van der Waals surface area (Å²) in [6.45, 7) is 8.40. The average Bonchev–Trinajstić information content (AvgIpc) is 2.46. The first-order chi connectivity index (χ1) is 9.60. The molecular formula is C18H20O2. The zero-order valence-electron chi connectivity index (χ0n) is 12.0. The summed E-state index contributed by atoms with van der Waals surface area (Å²) in [6, 6.07) is 14.2. The van der Waals surface area contributed by atoms with E-state index in [4.69, 9.17) is 4.74 Å². The number of aryl methyl sites for hydroxylation is 2. The monoisotopic (exact) mass is 268 g/mol. The number of rotatable bonds is 5. The first kappa shape index (κ1) is 14.4. The maximum absolute atomic E-state index is 9.24. The van der Waals surface area contributed by atoms with Gasteiger partial charge in [0.05, 0.1) is 6.61 Å². The predicted octanol–water partition coefficient (Wildman–Crippen LogP) is 3.89. The molecule has 2 aromatic rings. The molecule has 20 heavy (non-hydrogen) atoms. The van der Waals surface area contributed by atoms with E-state index in [2.05, 4.69) is 37.8 Å². The lowest BCUT2D eigenvalue weighted by molar-refractivity contribution is 0.303. The molecule has 2 rings (SSSR count). The van der Waals surface area contributed by atoms with Crippen molar-refractivity contribution in [2.75, 3.05) is 6.61 Å². The summed E-state index contributed by atoms with van der Waals surface area (Å²) in [4.78, 5) is 0. The van der Waals surface area contributed by atoms with Crippen molar-refractivity contribution in [2.24, 2.45) is 0 Å². The first-order valence-electron chi connectivity index (χ1n) is 6.68. The van der Waals surface area contributed by atoms with Crippen LogP contribution in [0.15, 0.2) is 49.0 Å². The van der Waals surface area contributed by atoms with Gasteiger partial charge in [-0.15, -0.1) is 0 Å². The molecule has 0 aliphatic rings. The van der Waals surface area contributed by atoms with Crippen LogP contribution in [0, 0.1) is 13.8 Å². The summed E-state index contributed by atoms with van der Waals surface area (Å²) in [6.07, 6.45) is 0. The lowest BCUT2D eigenvalue weighted by atomic mass is 10.0. The van der Waals surface area contributed by atoms with E-state index in [-0.39, 0.29) is 6.61 Å². The van der Waals surface area contributed by atoms with Crippen LogP contribution in [0.25, 0.3) is 5.57 Å². The van der Waals surface area contributed by atoms with E-state index in [9.17, 15) is 5.11 Å². The van der Waals surface area contributed by atoms with Gasteiger partial charge < -0.3 is 9.84 Å². The molecule has 0 aromatic heterocycles. The SMILES string of the molecule is C=C(CO)c1ccc(C)cc1OCc1ccc(C)cc1. The van der Waals surface area contributed by atoms with Gasteiger partial charge in [-0.05, 0) is 36.6 Å². The van der Waals surface area contributed by atoms with E-state index in [1.807, 2.05) is 25.1 Å². The van der Waals surface area contributed by atoms with Gasteiger partial charge in [0.2, 0.25) is 0 Å². The van der Waals surface area contributed by atoms with Crippen molar-refractivity contribution in [2.45, 2.75) is 20.5 Å². The van der Waals surface area contributed by atoms with Crippen molar-refractivity contribution in [3.05, 3.63) is 71.3 Å². The molecule has 2 nitrogen and oxygen atoms in total. The predicted molar refractivity (Wildman–Crippen MR) is 82.8 cm³/mol. The number of hydrogen-bond acceptors (Lipinski definition) is 2. The Balaban J connectivity index is 2.17. The topological polar surface area (TPSA) is 29.5 Å². The molecule has 0 amide bonds. The number of aliphatic hydroxyl groups is 1. The van der Waals surface area contributed by atoms with E-state index in [1.165, 1.54) is 5.56 Å². The molecule has 2 aromatic carbocycles. The summed E-state index contributed by atoms with van der Waals surface area (Å²) in [7, 11) is 0. The summed E-state index contributed by atoms with van der Waals surface area (Å²) in [5.41, 5.74) is 5.02. The molecular weight excluding hydrogens is 248 g/mol. The van der Waals surface area contributed by atoms with E-state index >= 15 is 0 Å². The van der Waals surface area contributed by atoms with Crippen LogP contribution < -0.4 is 4.74 Å². The minimum Gasteiger partial charge on any atom is -0.488 e. The van der Waals surface area contributed by atoms with E-state index in [0.29, 0.717) is 12.2 Å². The van der Waals surface area contributed by atoms with Crippen LogP contribution in [0.4, 0.5) is 0 Å². The highest BCUT2D eigenvalue weighted by Gasteiger charge is 2.07. The van der Waals surface area contributed by atoms with E-state index in [1.54, 1.807) is 0 Å². The number of hydrogen-bond donors (Lipinski definition) is 1. The van der Waals surface area contributed by atoms with Crippen LogP contribution in [0.1, 0.15) is 22.3 Å². The Morgan fingerprint density at radius 1 is 1.05 bits per heavy atom. The molecule has 0 heterocycles. The Morgan fingerprint density at radius 2 is 1.70 bits per heavy atom. The fourth-order valence-electron chi connectivity index (χ4n) is 1.97. The Labute approximate surface area is 120 Å². The largest absolute Gasteiger partial charge is 0.488 e. The highest BCUT2D eigenvalue weighted by Crippen LogP contribution is 2.27. The first-order valence-corrected chi connectivity index (χ1v) is 6.68. The van der Waals surface area contributed by atoms with Gasteiger partial charge in [0.1, 0.15) is 12.4 Å². The summed E-state index contributed by atoms with van der Waals surface area (Å²) < 4.78 is 5.89. The zero-order valence-corrected chi connectivity index (χ0v) is 12.0. The molecule has 1 N–H and O–H groups in total. The maximum atomic E-state index is 9.24.